The van der Waals surface area contributed by atoms with E-state index in [1.807, 2.05) is 6.07 Å². The van der Waals surface area contributed by atoms with Crippen molar-refractivity contribution in [1.82, 2.24) is 30.1 Å². The van der Waals surface area contributed by atoms with E-state index in [2.05, 4.69) is 39.9 Å². The summed E-state index contributed by atoms with van der Waals surface area (Å²) in [4.78, 5) is 31.2. The fraction of sp³-hybridized carbons (Fsp3) is 0.105. The van der Waals surface area contributed by atoms with Gasteiger partial charge in [0.05, 0.1) is 18.1 Å². The van der Waals surface area contributed by atoms with Gasteiger partial charge in [-0.1, -0.05) is 11.2 Å². The zero-order valence-electron chi connectivity index (χ0n) is 15.9. The molecule has 0 aliphatic rings. The fourth-order valence-corrected chi connectivity index (χ4v) is 2.44. The van der Waals surface area contributed by atoms with Gasteiger partial charge in [-0.25, -0.2) is 14.8 Å². The molecule has 1 amide bonds. The fourth-order valence-electron chi connectivity index (χ4n) is 2.44. The highest BCUT2D eigenvalue weighted by Crippen LogP contribution is 2.28. The van der Waals surface area contributed by atoms with Gasteiger partial charge in [0.15, 0.2) is 5.82 Å². The largest absolute Gasteiger partial charge is 0.471 e. The number of hydrogen-bond donors (Lipinski definition) is 1. The average molecular weight is 443 g/mol. The van der Waals surface area contributed by atoms with E-state index < -0.39 is 18.2 Å². The van der Waals surface area contributed by atoms with Crippen molar-refractivity contribution in [2.24, 2.45) is 0 Å². The minimum atomic E-state index is -4.77. The van der Waals surface area contributed by atoms with Crippen LogP contribution in [0.4, 0.5) is 23.8 Å². The molecule has 0 aromatic carbocycles. The van der Waals surface area contributed by atoms with Crippen molar-refractivity contribution in [2.75, 3.05) is 5.32 Å². The number of aromatic nitrogens is 6. The highest BCUT2D eigenvalue weighted by atomic mass is 19.4. The molecule has 0 aliphatic carbocycles. The second-order valence-electron chi connectivity index (χ2n) is 6.20. The molecule has 0 spiro atoms. The van der Waals surface area contributed by atoms with Gasteiger partial charge in [0.25, 0.3) is 0 Å². The molecule has 1 N–H and O–H groups in total. The topological polar surface area (TPSA) is 129 Å². The van der Waals surface area contributed by atoms with Crippen molar-refractivity contribution >= 4 is 11.9 Å². The van der Waals surface area contributed by atoms with Crippen LogP contribution >= 0.6 is 0 Å². The van der Waals surface area contributed by atoms with Crippen LogP contribution in [0.2, 0.25) is 0 Å². The van der Waals surface area contributed by atoms with E-state index >= 15 is 0 Å². The maximum atomic E-state index is 12.5. The Kier molecular flexibility index (Phi) is 5.70. The van der Waals surface area contributed by atoms with Gasteiger partial charge in [0.2, 0.25) is 5.82 Å². The monoisotopic (exact) mass is 443 g/mol. The molecule has 0 unspecified atom stereocenters. The normalized spacial score (nSPS) is 11.2. The molecule has 4 aromatic heterocycles. The van der Waals surface area contributed by atoms with Crippen molar-refractivity contribution < 1.29 is 27.2 Å². The Labute approximate surface area is 177 Å². The molecule has 0 atom stereocenters. The molecule has 32 heavy (non-hydrogen) atoms. The highest BCUT2D eigenvalue weighted by molar-refractivity contribution is 5.83. The summed E-state index contributed by atoms with van der Waals surface area (Å²) < 4.78 is 46.8. The van der Waals surface area contributed by atoms with Crippen molar-refractivity contribution in [3.63, 3.8) is 0 Å². The molecule has 0 saturated heterocycles. The summed E-state index contributed by atoms with van der Waals surface area (Å²) in [6.07, 6.45) is 1.56. The van der Waals surface area contributed by atoms with E-state index in [4.69, 9.17) is 4.74 Å². The first-order chi connectivity index (χ1) is 15.4. The number of carbonyl (C=O) groups excluding carboxylic acids is 1. The lowest BCUT2D eigenvalue weighted by atomic mass is 10.2. The van der Waals surface area contributed by atoms with Gasteiger partial charge in [-0.15, -0.1) is 0 Å². The number of rotatable bonds is 5. The minimum Gasteiger partial charge on any atom is -0.444 e. The third kappa shape index (κ3) is 5.00. The first-order valence-electron chi connectivity index (χ1n) is 8.91. The smallest absolute Gasteiger partial charge is 0.444 e. The number of ether oxygens (including phenoxy) is 1. The molecular weight excluding hydrogens is 431 g/mol. The van der Waals surface area contributed by atoms with E-state index in [9.17, 15) is 18.0 Å². The molecule has 0 saturated carbocycles. The van der Waals surface area contributed by atoms with Crippen LogP contribution in [0.3, 0.4) is 0 Å². The van der Waals surface area contributed by atoms with E-state index in [1.54, 1.807) is 36.8 Å². The molecule has 0 fully saturated rings. The molecular formula is C19H12F3N7O3. The van der Waals surface area contributed by atoms with E-state index in [1.165, 1.54) is 0 Å². The van der Waals surface area contributed by atoms with E-state index in [0.717, 1.165) is 23.7 Å². The van der Waals surface area contributed by atoms with Gasteiger partial charge in [-0.3, -0.25) is 15.3 Å². The standard InChI is InChI=1S/C19H12F3N7O3/c20-19(21,22)17-28-16(29-32-17)14-8-26-15(9-25-14)27-18(30)31-10-11-3-4-13(24-6-11)12-2-1-5-23-7-12/h1-9H,10H2,(H,26,27,30). The molecule has 0 aliphatic heterocycles. The Hall–Kier alpha value is -4.42. The lowest BCUT2D eigenvalue weighted by Crippen LogP contribution is -2.14. The van der Waals surface area contributed by atoms with E-state index in [0.29, 0.717) is 5.56 Å². The Bertz CT molecular complexity index is 1200. The number of amides is 1. The predicted molar refractivity (Wildman–Crippen MR) is 102 cm³/mol. The van der Waals surface area contributed by atoms with Gasteiger partial charge in [-0.2, -0.15) is 18.2 Å². The Morgan fingerprint density at radius 3 is 2.50 bits per heavy atom. The van der Waals surface area contributed by atoms with Gasteiger partial charge in [0, 0.05) is 29.7 Å². The molecule has 4 rings (SSSR count). The molecule has 13 heteroatoms. The summed E-state index contributed by atoms with van der Waals surface area (Å²) in [6, 6.07) is 7.21. The summed E-state index contributed by atoms with van der Waals surface area (Å²) in [6.45, 7) is -0.0409. The van der Waals surface area contributed by atoms with Crippen LogP contribution in [0.15, 0.2) is 59.8 Å². The molecule has 4 aromatic rings. The lowest BCUT2D eigenvalue weighted by Gasteiger charge is -2.07. The first kappa shape index (κ1) is 20.8. The molecule has 4 heterocycles. The number of nitrogens with zero attached hydrogens (tertiary/aromatic N) is 6. The molecule has 0 radical (unpaired) electrons. The predicted octanol–water partition coefficient (Wildman–Crippen LogP) is 3.75. The van der Waals surface area contributed by atoms with Crippen molar-refractivity contribution in [3.05, 3.63) is 66.7 Å². The van der Waals surface area contributed by atoms with Crippen molar-refractivity contribution in [2.45, 2.75) is 12.8 Å². The third-order valence-electron chi connectivity index (χ3n) is 3.93. The second-order valence-corrected chi connectivity index (χ2v) is 6.20. The van der Waals surface area contributed by atoms with Crippen molar-refractivity contribution in [3.8, 4) is 22.8 Å². The zero-order chi connectivity index (χ0) is 22.6. The number of halogens is 3. The van der Waals surface area contributed by atoms with Gasteiger partial charge in [-0.05, 0) is 18.2 Å². The van der Waals surface area contributed by atoms with Crippen LogP contribution in [0, 0.1) is 0 Å². The van der Waals surface area contributed by atoms with Crippen LogP contribution < -0.4 is 5.32 Å². The molecule has 0 bridgehead atoms. The summed E-state index contributed by atoms with van der Waals surface area (Å²) in [5.74, 6) is -1.87. The quantitative estimate of drug-likeness (QED) is 0.490. The second kappa shape index (κ2) is 8.75. The SMILES string of the molecule is O=C(Nc1cnc(-c2noc(C(F)(F)F)n2)cn1)OCc1ccc(-c2cccnc2)nc1. The van der Waals surface area contributed by atoms with E-state index in [-0.39, 0.29) is 23.9 Å². The zero-order valence-corrected chi connectivity index (χ0v) is 15.9. The highest BCUT2D eigenvalue weighted by Gasteiger charge is 2.38. The minimum absolute atomic E-state index is 0.0170. The van der Waals surface area contributed by atoms with Crippen molar-refractivity contribution in [1.29, 1.82) is 0 Å². The average Bonchev–Trinajstić information content (AvgIpc) is 3.30. The van der Waals surface area contributed by atoms with Gasteiger partial charge >= 0.3 is 18.2 Å². The number of hydrogen-bond acceptors (Lipinski definition) is 9. The number of alkyl halides is 3. The third-order valence-corrected chi connectivity index (χ3v) is 3.93. The summed E-state index contributed by atoms with van der Waals surface area (Å²) in [5.41, 5.74) is 2.18. The van der Waals surface area contributed by atoms with Gasteiger partial charge < -0.3 is 9.26 Å². The molecule has 10 nitrogen and oxygen atoms in total. The molecule has 162 valence electrons. The Balaban J connectivity index is 1.31. The summed E-state index contributed by atoms with van der Waals surface area (Å²) >= 11 is 0. The number of pyridine rings is 2. The maximum Gasteiger partial charge on any atom is 0.471 e. The van der Waals surface area contributed by atoms with Crippen LogP contribution in [-0.2, 0) is 17.5 Å². The summed E-state index contributed by atoms with van der Waals surface area (Å²) in [5, 5.41) is 5.55. The number of carbonyl (C=O) groups is 1. The van der Waals surface area contributed by atoms with Crippen LogP contribution in [0.25, 0.3) is 22.8 Å². The van der Waals surface area contributed by atoms with Crippen LogP contribution in [-0.4, -0.2) is 36.2 Å². The lowest BCUT2D eigenvalue weighted by molar-refractivity contribution is -0.159. The summed E-state index contributed by atoms with van der Waals surface area (Å²) in [7, 11) is 0. The number of nitrogens with one attached hydrogen (secondary N) is 1. The Morgan fingerprint density at radius 2 is 1.88 bits per heavy atom. The van der Waals surface area contributed by atoms with Crippen LogP contribution in [0.1, 0.15) is 11.5 Å². The Morgan fingerprint density at radius 1 is 1.03 bits per heavy atom. The van der Waals surface area contributed by atoms with Gasteiger partial charge in [0.1, 0.15) is 12.3 Å². The number of anilines is 1. The van der Waals surface area contributed by atoms with Crippen LogP contribution in [0.5, 0.6) is 0 Å². The first-order valence-corrected chi connectivity index (χ1v) is 8.91. The maximum absolute atomic E-state index is 12.5.